The monoisotopic (exact) mass is 304 g/mol. The van der Waals surface area contributed by atoms with Gasteiger partial charge in [0.25, 0.3) is 0 Å². The molecule has 7 heteroatoms. The van der Waals surface area contributed by atoms with E-state index in [1.54, 1.807) is 6.33 Å². The predicted octanol–water partition coefficient (Wildman–Crippen LogP) is 2.78. The van der Waals surface area contributed by atoms with Crippen molar-refractivity contribution in [3.05, 3.63) is 35.8 Å². The summed E-state index contributed by atoms with van der Waals surface area (Å²) in [4.78, 5) is 9.25. The van der Waals surface area contributed by atoms with Crippen LogP contribution in [0.25, 0.3) is 11.2 Å². The number of hydrogen-bond acceptors (Lipinski definition) is 4. The van der Waals surface area contributed by atoms with Gasteiger partial charge in [0, 0.05) is 12.7 Å². The number of pyridine rings is 1. The number of alkyl halides is 1. The van der Waals surface area contributed by atoms with Crippen LogP contribution in [-0.2, 0) is 7.05 Å². The first-order valence-electron chi connectivity index (χ1n) is 6.82. The summed E-state index contributed by atoms with van der Waals surface area (Å²) in [6.45, 7) is 5.93. The number of nitrogens with zero attached hydrogens (tertiary/aromatic N) is 6. The van der Waals surface area contributed by atoms with E-state index in [0.717, 1.165) is 28.5 Å². The van der Waals surface area contributed by atoms with Crippen molar-refractivity contribution >= 4 is 22.8 Å². The van der Waals surface area contributed by atoms with E-state index in [0.29, 0.717) is 0 Å². The third-order valence-corrected chi connectivity index (χ3v) is 3.76. The number of halogens is 1. The molecule has 3 aromatic rings. The van der Waals surface area contributed by atoms with E-state index in [9.17, 15) is 0 Å². The molecule has 0 bridgehead atoms. The van der Waals surface area contributed by atoms with Crippen LogP contribution in [0.2, 0.25) is 0 Å². The molecule has 2 atom stereocenters. The zero-order valence-corrected chi connectivity index (χ0v) is 13.2. The minimum Gasteiger partial charge on any atom is -0.319 e. The fourth-order valence-corrected chi connectivity index (χ4v) is 2.69. The van der Waals surface area contributed by atoms with Crippen molar-refractivity contribution < 1.29 is 0 Å². The molecule has 0 aliphatic carbocycles. The number of rotatable bonds is 3. The molecule has 0 aliphatic heterocycles. The molecule has 21 heavy (non-hydrogen) atoms. The summed E-state index contributed by atoms with van der Waals surface area (Å²) in [5, 5.41) is 7.93. The van der Waals surface area contributed by atoms with E-state index < -0.39 is 0 Å². The van der Waals surface area contributed by atoms with Crippen molar-refractivity contribution in [2.24, 2.45) is 7.05 Å². The van der Waals surface area contributed by atoms with Crippen LogP contribution >= 0.6 is 11.6 Å². The molecule has 3 heterocycles. The van der Waals surface area contributed by atoms with Crippen LogP contribution in [0.3, 0.4) is 0 Å². The highest BCUT2D eigenvalue weighted by Crippen LogP contribution is 2.29. The second-order valence-corrected chi connectivity index (χ2v) is 5.88. The maximum Gasteiger partial charge on any atom is 0.160 e. The molecular weight excluding hydrogens is 288 g/mol. The summed E-state index contributed by atoms with van der Waals surface area (Å²) >= 11 is 6.31. The van der Waals surface area contributed by atoms with Crippen molar-refractivity contribution in [2.45, 2.75) is 32.2 Å². The van der Waals surface area contributed by atoms with Gasteiger partial charge in [0.1, 0.15) is 17.7 Å². The van der Waals surface area contributed by atoms with Gasteiger partial charge in [0.2, 0.25) is 0 Å². The zero-order valence-electron chi connectivity index (χ0n) is 12.4. The Morgan fingerprint density at radius 2 is 1.90 bits per heavy atom. The Hall–Kier alpha value is -1.95. The summed E-state index contributed by atoms with van der Waals surface area (Å²) in [5.41, 5.74) is 2.62. The highest BCUT2D eigenvalue weighted by Gasteiger charge is 2.23. The molecule has 0 N–H and O–H groups in total. The zero-order chi connectivity index (χ0) is 15.1. The van der Waals surface area contributed by atoms with E-state index in [1.165, 1.54) is 0 Å². The number of fused-ring (bicyclic) bond motifs is 1. The van der Waals surface area contributed by atoms with Crippen molar-refractivity contribution in [1.82, 2.24) is 29.3 Å². The minimum absolute atomic E-state index is 0.0481. The Balaban J connectivity index is 2.26. The van der Waals surface area contributed by atoms with Crippen molar-refractivity contribution in [2.75, 3.05) is 0 Å². The average molecular weight is 305 g/mol. The van der Waals surface area contributed by atoms with Gasteiger partial charge in [-0.3, -0.25) is 0 Å². The molecule has 0 radical (unpaired) electrons. The predicted molar refractivity (Wildman–Crippen MR) is 81.3 cm³/mol. The molecule has 0 spiro atoms. The standard InChI is InChI=1S/C14H17ClN6/c1-8-5-6-11-14(17-8)21(12(18-11)9(2)15)10(3)13-19-16-7-20(13)4/h5-7,9-10H,1-4H3. The minimum atomic E-state index is -0.213. The molecule has 3 rings (SSSR count). The third-order valence-electron chi connectivity index (χ3n) is 3.57. The molecule has 110 valence electrons. The first kappa shape index (κ1) is 14.0. The lowest BCUT2D eigenvalue weighted by molar-refractivity contribution is 0.559. The van der Waals surface area contributed by atoms with E-state index in [2.05, 4.69) is 27.1 Å². The van der Waals surface area contributed by atoms with Gasteiger partial charge in [0.05, 0.1) is 11.4 Å². The van der Waals surface area contributed by atoms with Gasteiger partial charge in [0.15, 0.2) is 11.5 Å². The number of imidazole rings is 1. The largest absolute Gasteiger partial charge is 0.319 e. The van der Waals surface area contributed by atoms with Crippen LogP contribution in [-0.4, -0.2) is 29.3 Å². The highest BCUT2D eigenvalue weighted by molar-refractivity contribution is 6.20. The van der Waals surface area contributed by atoms with Crippen molar-refractivity contribution in [3.63, 3.8) is 0 Å². The van der Waals surface area contributed by atoms with E-state index in [1.807, 2.05) is 42.2 Å². The van der Waals surface area contributed by atoms with Gasteiger partial charge in [-0.2, -0.15) is 0 Å². The van der Waals surface area contributed by atoms with Crippen molar-refractivity contribution in [1.29, 1.82) is 0 Å². The SMILES string of the molecule is Cc1ccc2nc(C(C)Cl)n(C(C)c3nncn3C)c2n1. The smallest absolute Gasteiger partial charge is 0.160 e. The Kier molecular flexibility index (Phi) is 3.41. The molecule has 2 unspecified atom stereocenters. The summed E-state index contributed by atoms with van der Waals surface area (Å²) in [5.74, 6) is 1.64. The maximum atomic E-state index is 6.31. The quantitative estimate of drug-likeness (QED) is 0.698. The topological polar surface area (TPSA) is 61.4 Å². The van der Waals surface area contributed by atoms with Crippen molar-refractivity contribution in [3.8, 4) is 0 Å². The second-order valence-electron chi connectivity index (χ2n) is 5.23. The Morgan fingerprint density at radius 1 is 1.14 bits per heavy atom. The normalized spacial score (nSPS) is 14.5. The van der Waals surface area contributed by atoms with Gasteiger partial charge in [-0.1, -0.05) is 0 Å². The van der Waals surface area contributed by atoms with Gasteiger partial charge < -0.3 is 9.13 Å². The molecule has 0 aromatic carbocycles. The molecule has 0 saturated heterocycles. The molecule has 0 amide bonds. The lowest BCUT2D eigenvalue weighted by Crippen LogP contribution is -2.15. The van der Waals surface area contributed by atoms with Crippen LogP contribution in [0.4, 0.5) is 0 Å². The Labute approximate surface area is 127 Å². The maximum absolute atomic E-state index is 6.31. The Morgan fingerprint density at radius 3 is 2.52 bits per heavy atom. The second kappa shape index (κ2) is 5.11. The van der Waals surface area contributed by atoms with Crippen LogP contribution in [0.15, 0.2) is 18.5 Å². The molecule has 3 aromatic heterocycles. The molecule has 0 fully saturated rings. The summed E-state index contributed by atoms with van der Waals surface area (Å²) < 4.78 is 3.94. The van der Waals surface area contributed by atoms with Gasteiger partial charge >= 0.3 is 0 Å². The molecule has 0 saturated carbocycles. The van der Waals surface area contributed by atoms with Gasteiger partial charge in [-0.05, 0) is 32.9 Å². The average Bonchev–Trinajstić information content (AvgIpc) is 3.01. The Bertz CT molecular complexity index is 788. The van der Waals surface area contributed by atoms with Gasteiger partial charge in [-0.15, -0.1) is 21.8 Å². The van der Waals surface area contributed by atoms with E-state index >= 15 is 0 Å². The number of aromatic nitrogens is 6. The molecule has 6 nitrogen and oxygen atoms in total. The first-order chi connectivity index (χ1) is 9.99. The number of aryl methyl sites for hydroxylation is 2. The van der Waals surface area contributed by atoms with E-state index in [4.69, 9.17) is 11.6 Å². The fraction of sp³-hybridized carbons (Fsp3) is 0.429. The lowest BCUT2D eigenvalue weighted by atomic mass is 10.3. The number of hydrogen-bond donors (Lipinski definition) is 0. The van der Waals surface area contributed by atoms with Crippen LogP contribution in [0.5, 0.6) is 0 Å². The molecule has 0 aliphatic rings. The van der Waals surface area contributed by atoms with Crippen LogP contribution in [0, 0.1) is 6.92 Å². The summed E-state index contributed by atoms with van der Waals surface area (Å²) in [6.07, 6.45) is 1.69. The fourth-order valence-electron chi connectivity index (χ4n) is 2.53. The van der Waals surface area contributed by atoms with Crippen LogP contribution in [0.1, 0.15) is 42.6 Å². The highest BCUT2D eigenvalue weighted by atomic mass is 35.5. The first-order valence-corrected chi connectivity index (χ1v) is 7.26. The third kappa shape index (κ3) is 2.29. The van der Waals surface area contributed by atoms with Crippen LogP contribution < -0.4 is 0 Å². The summed E-state index contributed by atoms with van der Waals surface area (Å²) in [7, 11) is 1.92. The van der Waals surface area contributed by atoms with E-state index in [-0.39, 0.29) is 11.4 Å². The van der Waals surface area contributed by atoms with Gasteiger partial charge in [-0.25, -0.2) is 9.97 Å². The summed E-state index contributed by atoms with van der Waals surface area (Å²) in [6, 6.07) is 3.88. The molecular formula is C14H17ClN6. The lowest BCUT2D eigenvalue weighted by Gasteiger charge is -2.17.